The molecule has 130 valence electrons. The van der Waals surface area contributed by atoms with Crippen molar-refractivity contribution in [1.82, 2.24) is 0 Å². The predicted molar refractivity (Wildman–Crippen MR) is 100 cm³/mol. The van der Waals surface area contributed by atoms with E-state index in [0.29, 0.717) is 11.6 Å². The number of halogens is 1. The van der Waals surface area contributed by atoms with E-state index in [1.807, 2.05) is 30.3 Å². The number of rotatable bonds is 4. The molecule has 0 aliphatic carbocycles. The molecule has 0 N–H and O–H groups in total. The molecular formula is C22H24FNO. The lowest BCUT2D eigenvalue weighted by molar-refractivity contribution is 0.0316. The molecule has 2 aliphatic rings. The maximum atomic E-state index is 15.0. The molecule has 4 rings (SSSR count). The Morgan fingerprint density at radius 1 is 0.960 bits per heavy atom. The summed E-state index contributed by atoms with van der Waals surface area (Å²) in [6, 6.07) is 15.8. The van der Waals surface area contributed by atoms with Crippen LogP contribution in [0.5, 0.6) is 0 Å². The molecule has 2 aromatic carbocycles. The predicted octanol–water partition coefficient (Wildman–Crippen LogP) is 6.20. The Balaban J connectivity index is 1.90. The van der Waals surface area contributed by atoms with Crippen LogP contribution < -0.4 is 4.90 Å². The van der Waals surface area contributed by atoms with Crippen LogP contribution in [0.15, 0.2) is 54.5 Å². The minimum atomic E-state index is -0.450. The van der Waals surface area contributed by atoms with Crippen molar-refractivity contribution in [2.24, 2.45) is 11.8 Å². The normalized spacial score (nSPS) is 20.5. The zero-order valence-corrected chi connectivity index (χ0v) is 15.0. The molecule has 0 saturated heterocycles. The summed E-state index contributed by atoms with van der Waals surface area (Å²) in [4.78, 5) is 2.09. The van der Waals surface area contributed by atoms with E-state index in [2.05, 4.69) is 43.9 Å². The van der Waals surface area contributed by atoms with E-state index in [1.165, 1.54) is 0 Å². The van der Waals surface area contributed by atoms with Gasteiger partial charge < -0.3 is 4.74 Å². The van der Waals surface area contributed by atoms with E-state index in [9.17, 15) is 4.39 Å². The standard InChI is InChI=1S/C22H24FNO/c1-4-14(3)15(5-2)22-24-19-13-9-8-11-17(19)16-10-6-7-12-18(16)20(24)21(23)25-22/h6-15,22H,4-5H2,1-3H3. The molecule has 2 nitrogen and oxygen atoms in total. The Labute approximate surface area is 148 Å². The zero-order chi connectivity index (χ0) is 17.6. The van der Waals surface area contributed by atoms with E-state index in [-0.39, 0.29) is 12.1 Å². The second-order valence-corrected chi connectivity index (χ2v) is 7.02. The first-order chi connectivity index (χ1) is 12.2. The van der Waals surface area contributed by atoms with Crippen LogP contribution in [-0.2, 0) is 4.74 Å². The minimum absolute atomic E-state index is 0.270. The molecule has 3 atom stereocenters. The van der Waals surface area contributed by atoms with Crippen molar-refractivity contribution in [3.8, 4) is 11.1 Å². The Kier molecular flexibility index (Phi) is 4.03. The fourth-order valence-electron chi connectivity index (χ4n) is 4.23. The number of para-hydroxylation sites is 1. The summed E-state index contributed by atoms with van der Waals surface area (Å²) in [6.45, 7) is 6.59. The van der Waals surface area contributed by atoms with E-state index in [1.54, 1.807) is 0 Å². The number of hydrogen-bond donors (Lipinski definition) is 0. The zero-order valence-electron chi connectivity index (χ0n) is 15.0. The highest BCUT2D eigenvalue weighted by Crippen LogP contribution is 2.51. The number of ether oxygens (including phenoxy) is 1. The second-order valence-electron chi connectivity index (χ2n) is 7.02. The molecule has 0 spiro atoms. The lowest BCUT2D eigenvalue weighted by atomic mass is 9.85. The third-order valence-electron chi connectivity index (χ3n) is 5.75. The highest BCUT2D eigenvalue weighted by molar-refractivity contribution is 6.00. The van der Waals surface area contributed by atoms with Gasteiger partial charge in [-0.1, -0.05) is 69.7 Å². The number of hydrogen-bond acceptors (Lipinski definition) is 2. The highest BCUT2D eigenvalue weighted by atomic mass is 19.1. The van der Waals surface area contributed by atoms with Crippen LogP contribution >= 0.6 is 0 Å². The third-order valence-corrected chi connectivity index (χ3v) is 5.75. The molecular weight excluding hydrogens is 313 g/mol. The van der Waals surface area contributed by atoms with Crippen molar-refractivity contribution in [1.29, 1.82) is 0 Å². The van der Waals surface area contributed by atoms with Gasteiger partial charge in [0.1, 0.15) is 5.70 Å². The summed E-state index contributed by atoms with van der Waals surface area (Å²) in [6.07, 6.45) is 1.73. The average molecular weight is 337 g/mol. The molecule has 0 aromatic heterocycles. The number of fused-ring (bicyclic) bond motifs is 6. The van der Waals surface area contributed by atoms with Gasteiger partial charge in [-0.3, -0.25) is 4.90 Å². The molecule has 0 radical (unpaired) electrons. The monoisotopic (exact) mass is 337 g/mol. The van der Waals surface area contributed by atoms with Crippen molar-refractivity contribution in [3.05, 3.63) is 60.1 Å². The van der Waals surface area contributed by atoms with E-state index >= 15 is 0 Å². The van der Waals surface area contributed by atoms with E-state index in [0.717, 1.165) is 35.2 Å². The van der Waals surface area contributed by atoms with Crippen molar-refractivity contribution in [3.63, 3.8) is 0 Å². The van der Waals surface area contributed by atoms with Crippen LogP contribution in [0.4, 0.5) is 10.1 Å². The van der Waals surface area contributed by atoms with Gasteiger partial charge in [-0.05, 0) is 24.0 Å². The number of nitrogens with zero attached hydrogens (tertiary/aromatic N) is 1. The minimum Gasteiger partial charge on any atom is -0.444 e. The lowest BCUT2D eigenvalue weighted by Crippen LogP contribution is -2.40. The average Bonchev–Trinajstić information content (AvgIpc) is 3.00. The summed E-state index contributed by atoms with van der Waals surface area (Å²) < 4.78 is 20.8. The second kappa shape index (κ2) is 6.21. The third kappa shape index (κ3) is 2.37. The van der Waals surface area contributed by atoms with Crippen LogP contribution in [0.1, 0.15) is 39.2 Å². The van der Waals surface area contributed by atoms with Gasteiger partial charge in [0.05, 0.1) is 5.69 Å². The molecule has 25 heavy (non-hydrogen) atoms. The summed E-state index contributed by atoms with van der Waals surface area (Å²) in [5, 5.41) is 0. The van der Waals surface area contributed by atoms with Crippen LogP contribution in [0.25, 0.3) is 16.8 Å². The SMILES string of the molecule is CCC(C)C(CC)C1OC(F)=C2c3ccccc3-c3ccccc3N21. The van der Waals surface area contributed by atoms with Crippen molar-refractivity contribution in [2.45, 2.75) is 39.8 Å². The topological polar surface area (TPSA) is 12.5 Å². The maximum absolute atomic E-state index is 15.0. The Morgan fingerprint density at radius 3 is 2.28 bits per heavy atom. The van der Waals surface area contributed by atoms with Gasteiger partial charge in [0.25, 0.3) is 6.01 Å². The molecule has 3 heteroatoms. The van der Waals surface area contributed by atoms with E-state index in [4.69, 9.17) is 4.74 Å². The van der Waals surface area contributed by atoms with Gasteiger partial charge in [0, 0.05) is 17.0 Å². The fourth-order valence-corrected chi connectivity index (χ4v) is 4.23. The number of anilines is 1. The summed E-state index contributed by atoms with van der Waals surface area (Å²) >= 11 is 0. The van der Waals surface area contributed by atoms with Crippen LogP contribution in [0.3, 0.4) is 0 Å². The lowest BCUT2D eigenvalue weighted by Gasteiger charge is -2.38. The van der Waals surface area contributed by atoms with Gasteiger partial charge >= 0.3 is 0 Å². The van der Waals surface area contributed by atoms with Crippen LogP contribution in [0, 0.1) is 11.8 Å². The summed E-state index contributed by atoms with van der Waals surface area (Å²) in [5.74, 6) is 0.734. The molecule has 0 bridgehead atoms. The van der Waals surface area contributed by atoms with Gasteiger partial charge in [0.2, 0.25) is 0 Å². The first-order valence-corrected chi connectivity index (χ1v) is 9.21. The number of benzene rings is 2. The molecule has 2 heterocycles. The molecule has 0 fully saturated rings. The van der Waals surface area contributed by atoms with Crippen molar-refractivity contribution >= 4 is 11.4 Å². The van der Waals surface area contributed by atoms with Gasteiger partial charge in [-0.2, -0.15) is 4.39 Å². The van der Waals surface area contributed by atoms with Gasteiger partial charge in [0.15, 0.2) is 6.23 Å². The van der Waals surface area contributed by atoms with Gasteiger partial charge in [-0.25, -0.2) is 0 Å². The fraction of sp³-hybridized carbons (Fsp3) is 0.364. The molecule has 2 aromatic rings. The van der Waals surface area contributed by atoms with Gasteiger partial charge in [-0.15, -0.1) is 0 Å². The smallest absolute Gasteiger partial charge is 0.299 e. The Hall–Kier alpha value is -2.29. The van der Waals surface area contributed by atoms with Crippen LogP contribution in [0.2, 0.25) is 0 Å². The first kappa shape index (κ1) is 16.2. The highest BCUT2D eigenvalue weighted by Gasteiger charge is 2.44. The molecule has 0 amide bonds. The molecule has 3 unspecified atom stereocenters. The first-order valence-electron chi connectivity index (χ1n) is 9.21. The molecule has 2 aliphatic heterocycles. The Morgan fingerprint density at radius 2 is 1.60 bits per heavy atom. The van der Waals surface area contributed by atoms with Crippen LogP contribution in [-0.4, -0.2) is 6.23 Å². The quantitative estimate of drug-likeness (QED) is 0.659. The summed E-state index contributed by atoms with van der Waals surface area (Å²) in [7, 11) is 0. The van der Waals surface area contributed by atoms with E-state index < -0.39 is 6.01 Å². The Bertz CT molecular complexity index is 828. The largest absolute Gasteiger partial charge is 0.444 e. The van der Waals surface area contributed by atoms with Crippen molar-refractivity contribution < 1.29 is 9.13 Å². The maximum Gasteiger partial charge on any atom is 0.299 e. The van der Waals surface area contributed by atoms with Crippen molar-refractivity contribution in [2.75, 3.05) is 4.90 Å². The summed E-state index contributed by atoms with van der Waals surface area (Å²) in [5.41, 5.74) is 4.75. The molecule has 0 saturated carbocycles.